The minimum Gasteiger partial charge on any atom is -0.345 e. The van der Waals surface area contributed by atoms with E-state index in [1.807, 2.05) is 13.0 Å². The third-order valence-electron chi connectivity index (χ3n) is 2.39. The number of aromatic nitrogens is 1. The number of fused-ring (bicyclic) bond motifs is 1. The van der Waals surface area contributed by atoms with Crippen LogP contribution in [0.2, 0.25) is 0 Å². The van der Waals surface area contributed by atoms with Crippen LogP contribution in [-0.4, -0.2) is 4.57 Å². The smallest absolute Gasteiger partial charge is 0.125 e. The van der Waals surface area contributed by atoms with Crippen molar-refractivity contribution in [2.75, 3.05) is 0 Å². The lowest BCUT2D eigenvalue weighted by molar-refractivity contribution is 0.628. The third kappa shape index (κ3) is 1.22. The second-order valence-electron chi connectivity index (χ2n) is 3.23. The number of benzene rings is 1. The molecule has 0 aliphatic carbocycles. The highest BCUT2D eigenvalue weighted by atomic mass is 19.1. The summed E-state index contributed by atoms with van der Waals surface area (Å²) in [6, 6.07) is 7.00. The van der Waals surface area contributed by atoms with Gasteiger partial charge in [0, 0.05) is 17.6 Å². The number of hydrogen-bond donors (Lipinski definition) is 0. The summed E-state index contributed by atoms with van der Waals surface area (Å²) in [5, 5.41) is 1.11. The van der Waals surface area contributed by atoms with E-state index in [4.69, 9.17) is 0 Å². The highest BCUT2D eigenvalue weighted by molar-refractivity contribution is 5.81. The summed E-state index contributed by atoms with van der Waals surface area (Å²) in [4.78, 5) is 0. The Morgan fingerprint density at radius 2 is 2.08 bits per heavy atom. The summed E-state index contributed by atoms with van der Waals surface area (Å²) in [5.74, 6) is -0.166. The zero-order valence-corrected chi connectivity index (χ0v) is 7.84. The van der Waals surface area contributed by atoms with Crippen LogP contribution < -0.4 is 0 Å². The second-order valence-corrected chi connectivity index (χ2v) is 3.23. The molecule has 0 aliphatic heterocycles. The van der Waals surface area contributed by atoms with Gasteiger partial charge >= 0.3 is 0 Å². The molecule has 1 nitrogen and oxygen atoms in total. The lowest BCUT2D eigenvalue weighted by atomic mass is 10.2. The van der Waals surface area contributed by atoms with E-state index in [1.165, 1.54) is 11.8 Å². The summed E-state index contributed by atoms with van der Waals surface area (Å²) in [6.45, 7) is 5.00. The largest absolute Gasteiger partial charge is 0.345 e. The van der Waals surface area contributed by atoms with E-state index in [9.17, 15) is 4.39 Å². The molecular formula is C11H12FN. The molecule has 0 aliphatic rings. The SMILES string of the molecule is CCn1c(C)cc2ccc(F)cc21. The van der Waals surface area contributed by atoms with Crippen LogP contribution in [0.4, 0.5) is 4.39 Å². The molecule has 1 aromatic carbocycles. The maximum Gasteiger partial charge on any atom is 0.125 e. The van der Waals surface area contributed by atoms with Crippen molar-refractivity contribution in [2.24, 2.45) is 0 Å². The van der Waals surface area contributed by atoms with Crippen LogP contribution >= 0.6 is 0 Å². The molecule has 0 bridgehead atoms. The summed E-state index contributed by atoms with van der Waals surface area (Å²) in [6.07, 6.45) is 0. The molecule has 0 spiro atoms. The standard InChI is InChI=1S/C11H12FN/c1-3-13-8(2)6-9-4-5-10(12)7-11(9)13/h4-7H,3H2,1-2H3. The lowest BCUT2D eigenvalue weighted by Gasteiger charge is -2.02. The van der Waals surface area contributed by atoms with Gasteiger partial charge in [-0.2, -0.15) is 0 Å². The van der Waals surface area contributed by atoms with Crippen LogP contribution in [-0.2, 0) is 6.54 Å². The number of rotatable bonds is 1. The first-order valence-electron chi connectivity index (χ1n) is 4.47. The number of nitrogens with zero attached hydrogens (tertiary/aromatic N) is 1. The summed E-state index contributed by atoms with van der Waals surface area (Å²) in [7, 11) is 0. The van der Waals surface area contributed by atoms with Crippen molar-refractivity contribution in [2.45, 2.75) is 20.4 Å². The van der Waals surface area contributed by atoms with E-state index in [0.29, 0.717) is 0 Å². The topological polar surface area (TPSA) is 4.93 Å². The molecule has 68 valence electrons. The van der Waals surface area contributed by atoms with Gasteiger partial charge in [0.25, 0.3) is 0 Å². The third-order valence-corrected chi connectivity index (χ3v) is 2.39. The maximum atomic E-state index is 12.9. The predicted molar refractivity (Wildman–Crippen MR) is 52.3 cm³/mol. The molecule has 13 heavy (non-hydrogen) atoms. The Kier molecular flexibility index (Phi) is 1.83. The molecule has 2 heteroatoms. The van der Waals surface area contributed by atoms with Crippen molar-refractivity contribution < 1.29 is 4.39 Å². The molecule has 0 N–H and O–H groups in total. The van der Waals surface area contributed by atoms with Gasteiger partial charge in [-0.1, -0.05) is 0 Å². The lowest BCUT2D eigenvalue weighted by Crippen LogP contribution is -1.95. The van der Waals surface area contributed by atoms with Gasteiger partial charge in [-0.15, -0.1) is 0 Å². The van der Waals surface area contributed by atoms with Crippen LogP contribution in [0, 0.1) is 12.7 Å². The van der Waals surface area contributed by atoms with Crippen molar-refractivity contribution in [3.8, 4) is 0 Å². The van der Waals surface area contributed by atoms with Gasteiger partial charge in [0.1, 0.15) is 5.82 Å². The molecule has 1 heterocycles. The summed E-state index contributed by atoms with van der Waals surface area (Å²) < 4.78 is 15.1. The zero-order valence-electron chi connectivity index (χ0n) is 7.84. The summed E-state index contributed by atoms with van der Waals surface area (Å²) >= 11 is 0. The van der Waals surface area contributed by atoms with E-state index < -0.39 is 0 Å². The Labute approximate surface area is 76.8 Å². The van der Waals surface area contributed by atoms with E-state index in [1.54, 1.807) is 6.07 Å². The van der Waals surface area contributed by atoms with Crippen LogP contribution in [0.5, 0.6) is 0 Å². The Hall–Kier alpha value is -1.31. The van der Waals surface area contributed by atoms with Gasteiger partial charge < -0.3 is 4.57 Å². The van der Waals surface area contributed by atoms with Crippen molar-refractivity contribution in [1.82, 2.24) is 4.57 Å². The maximum absolute atomic E-state index is 12.9. The van der Waals surface area contributed by atoms with Crippen molar-refractivity contribution in [3.05, 3.63) is 35.8 Å². The van der Waals surface area contributed by atoms with Crippen LogP contribution in [0.3, 0.4) is 0 Å². The van der Waals surface area contributed by atoms with Gasteiger partial charge in [-0.25, -0.2) is 4.39 Å². The van der Waals surface area contributed by atoms with Gasteiger partial charge in [0.2, 0.25) is 0 Å². The number of hydrogen-bond acceptors (Lipinski definition) is 0. The van der Waals surface area contributed by atoms with Crippen LogP contribution in [0.15, 0.2) is 24.3 Å². The van der Waals surface area contributed by atoms with Gasteiger partial charge in [-0.05, 0) is 38.1 Å². The Morgan fingerprint density at radius 3 is 2.77 bits per heavy atom. The molecule has 0 fully saturated rings. The normalized spacial score (nSPS) is 11.0. The predicted octanol–water partition coefficient (Wildman–Crippen LogP) is 3.11. The fourth-order valence-corrected chi connectivity index (χ4v) is 1.79. The number of aryl methyl sites for hydroxylation is 2. The van der Waals surface area contributed by atoms with Crippen LogP contribution in [0.1, 0.15) is 12.6 Å². The van der Waals surface area contributed by atoms with E-state index in [0.717, 1.165) is 17.4 Å². The first kappa shape index (κ1) is 8.30. The van der Waals surface area contributed by atoms with E-state index in [2.05, 4.69) is 17.6 Å². The number of halogens is 1. The fourth-order valence-electron chi connectivity index (χ4n) is 1.79. The average molecular weight is 177 g/mol. The van der Waals surface area contributed by atoms with Gasteiger partial charge in [0.05, 0.1) is 5.52 Å². The first-order chi connectivity index (χ1) is 6.22. The molecule has 0 radical (unpaired) electrons. The molecule has 2 rings (SSSR count). The second kappa shape index (κ2) is 2.87. The van der Waals surface area contributed by atoms with Crippen LogP contribution in [0.25, 0.3) is 10.9 Å². The molecule has 0 atom stereocenters. The monoisotopic (exact) mass is 177 g/mol. The molecular weight excluding hydrogens is 165 g/mol. The quantitative estimate of drug-likeness (QED) is 0.630. The molecule has 1 aromatic heterocycles. The Bertz CT molecular complexity index is 443. The molecule has 0 unspecified atom stereocenters. The molecule has 0 amide bonds. The fraction of sp³-hybridized carbons (Fsp3) is 0.273. The molecule has 0 saturated carbocycles. The van der Waals surface area contributed by atoms with Gasteiger partial charge in [0.15, 0.2) is 0 Å². The Morgan fingerprint density at radius 1 is 1.31 bits per heavy atom. The van der Waals surface area contributed by atoms with Crippen molar-refractivity contribution in [1.29, 1.82) is 0 Å². The Balaban J connectivity index is 2.80. The minimum absolute atomic E-state index is 0.166. The average Bonchev–Trinajstić information content (AvgIpc) is 2.40. The van der Waals surface area contributed by atoms with E-state index in [-0.39, 0.29) is 5.82 Å². The highest BCUT2D eigenvalue weighted by Gasteiger charge is 2.04. The summed E-state index contributed by atoms with van der Waals surface area (Å²) in [5.41, 5.74) is 2.17. The molecule has 0 saturated heterocycles. The highest BCUT2D eigenvalue weighted by Crippen LogP contribution is 2.20. The van der Waals surface area contributed by atoms with Crippen molar-refractivity contribution in [3.63, 3.8) is 0 Å². The first-order valence-corrected chi connectivity index (χ1v) is 4.47. The van der Waals surface area contributed by atoms with E-state index >= 15 is 0 Å². The molecule has 2 aromatic rings. The minimum atomic E-state index is -0.166. The van der Waals surface area contributed by atoms with Crippen molar-refractivity contribution >= 4 is 10.9 Å². The zero-order chi connectivity index (χ0) is 9.42. The van der Waals surface area contributed by atoms with Gasteiger partial charge in [-0.3, -0.25) is 0 Å².